The van der Waals surface area contributed by atoms with E-state index in [4.69, 9.17) is 14.2 Å². The largest absolute Gasteiger partial charge is 0.489 e. The van der Waals surface area contributed by atoms with E-state index in [-0.39, 0.29) is 12.3 Å². The Morgan fingerprint density at radius 1 is 0.446 bits per heavy atom. The van der Waals surface area contributed by atoms with Crippen molar-refractivity contribution in [3.05, 3.63) is 228 Å². The number of carbonyl (C=O) groups is 4. The molecule has 0 saturated carbocycles. The summed E-state index contributed by atoms with van der Waals surface area (Å²) in [5, 5.41) is 18.7. The van der Waals surface area contributed by atoms with Gasteiger partial charge in [-0.15, -0.1) is 0 Å². The third-order valence-electron chi connectivity index (χ3n) is 10.6. The molecule has 2 amide bonds. The van der Waals surface area contributed by atoms with Crippen LogP contribution in [0.1, 0.15) is 43.0 Å². The molecular formula is C55H48N2O8. The van der Waals surface area contributed by atoms with E-state index in [0.717, 1.165) is 55.3 Å². The van der Waals surface area contributed by atoms with Crippen LogP contribution in [0.4, 0.5) is 0 Å². The summed E-state index contributed by atoms with van der Waals surface area (Å²) in [6, 6.07) is 59.1. The number of methoxy groups -OCH3 is 1. The number of fused-ring (bicyclic) bond motifs is 2. The normalized spacial score (nSPS) is 11.6. The van der Waals surface area contributed by atoms with Crippen LogP contribution in [0, 0.1) is 0 Å². The zero-order valence-corrected chi connectivity index (χ0v) is 35.8. The third-order valence-corrected chi connectivity index (χ3v) is 10.6. The fourth-order valence-electron chi connectivity index (χ4n) is 7.11. The Balaban J connectivity index is 0.000000194. The molecule has 0 bridgehead atoms. The van der Waals surface area contributed by atoms with E-state index < -0.39 is 29.9 Å². The van der Waals surface area contributed by atoms with Crippen LogP contribution in [0.2, 0.25) is 0 Å². The number of benzene rings is 8. The van der Waals surface area contributed by atoms with Gasteiger partial charge >= 0.3 is 11.9 Å². The average molecular weight is 865 g/mol. The van der Waals surface area contributed by atoms with E-state index in [1.54, 1.807) is 18.2 Å². The van der Waals surface area contributed by atoms with Crippen LogP contribution >= 0.6 is 0 Å². The molecule has 65 heavy (non-hydrogen) atoms. The Bertz CT molecular complexity index is 2860. The Hall–Kier alpha value is -8.24. The number of amides is 2. The van der Waals surface area contributed by atoms with Gasteiger partial charge < -0.3 is 30.0 Å². The number of aliphatic carboxylic acids is 1. The number of carbonyl (C=O) groups excluding carboxylic acids is 3. The van der Waals surface area contributed by atoms with Crippen molar-refractivity contribution in [2.75, 3.05) is 7.11 Å². The van der Waals surface area contributed by atoms with Crippen molar-refractivity contribution in [2.24, 2.45) is 0 Å². The molecule has 0 aliphatic carbocycles. The van der Waals surface area contributed by atoms with Crippen LogP contribution in [-0.2, 0) is 40.4 Å². The van der Waals surface area contributed by atoms with E-state index in [2.05, 4.69) is 10.6 Å². The summed E-state index contributed by atoms with van der Waals surface area (Å²) in [5.74, 6) is -0.784. The van der Waals surface area contributed by atoms with Crippen molar-refractivity contribution >= 4 is 45.3 Å². The second-order valence-corrected chi connectivity index (χ2v) is 15.3. The molecule has 2 atom stereocenters. The molecule has 0 aliphatic heterocycles. The monoisotopic (exact) mass is 864 g/mol. The highest BCUT2D eigenvalue weighted by atomic mass is 16.5. The van der Waals surface area contributed by atoms with Crippen LogP contribution in [0.5, 0.6) is 11.5 Å². The van der Waals surface area contributed by atoms with Gasteiger partial charge in [0.2, 0.25) is 0 Å². The molecular weight excluding hydrogens is 817 g/mol. The van der Waals surface area contributed by atoms with Crippen molar-refractivity contribution in [3.8, 4) is 11.5 Å². The van der Waals surface area contributed by atoms with Gasteiger partial charge in [0.05, 0.1) is 7.11 Å². The van der Waals surface area contributed by atoms with Crippen LogP contribution < -0.4 is 20.1 Å². The predicted octanol–water partition coefficient (Wildman–Crippen LogP) is 9.78. The van der Waals surface area contributed by atoms with E-state index in [0.29, 0.717) is 30.8 Å². The summed E-state index contributed by atoms with van der Waals surface area (Å²) in [6.45, 7) is 0.966. The lowest BCUT2D eigenvalue weighted by Gasteiger charge is -2.17. The minimum absolute atomic E-state index is 0.220. The topological polar surface area (TPSA) is 140 Å². The first kappa shape index (κ1) is 44.8. The molecule has 8 rings (SSSR count). The molecule has 0 radical (unpaired) electrons. The van der Waals surface area contributed by atoms with Gasteiger partial charge in [-0.1, -0.05) is 146 Å². The van der Waals surface area contributed by atoms with Crippen LogP contribution in [0.15, 0.2) is 194 Å². The SMILES string of the molecule is COC(=O)C(Cc1ccccc1)NC(=O)c1ccc2cc(OCc3ccccc3)ccc2c1.O=C(NC(Cc1ccccc1)C(=O)O)c1ccc2cc(OCc3ccccc3)ccc2c1. The molecule has 8 aromatic rings. The van der Waals surface area contributed by atoms with Crippen LogP contribution in [-0.4, -0.2) is 48.1 Å². The highest BCUT2D eigenvalue weighted by Crippen LogP contribution is 2.25. The number of carboxylic acid groups (broad SMARTS) is 1. The van der Waals surface area contributed by atoms with E-state index in [1.807, 2.05) is 176 Å². The summed E-state index contributed by atoms with van der Waals surface area (Å²) < 4.78 is 16.7. The molecule has 3 N–H and O–H groups in total. The highest BCUT2D eigenvalue weighted by molar-refractivity contribution is 6.01. The van der Waals surface area contributed by atoms with Gasteiger partial charge in [0.25, 0.3) is 11.8 Å². The van der Waals surface area contributed by atoms with Gasteiger partial charge in [0.1, 0.15) is 36.8 Å². The minimum atomic E-state index is -1.07. The number of hydrogen-bond acceptors (Lipinski definition) is 7. The molecule has 10 heteroatoms. The first-order valence-electron chi connectivity index (χ1n) is 21.1. The fourth-order valence-corrected chi connectivity index (χ4v) is 7.11. The predicted molar refractivity (Wildman–Crippen MR) is 252 cm³/mol. The molecule has 0 heterocycles. The van der Waals surface area contributed by atoms with Gasteiger partial charge in [0, 0.05) is 24.0 Å². The van der Waals surface area contributed by atoms with Crippen molar-refractivity contribution in [1.82, 2.24) is 10.6 Å². The van der Waals surface area contributed by atoms with E-state index >= 15 is 0 Å². The second kappa shape index (κ2) is 22.2. The molecule has 0 spiro atoms. The van der Waals surface area contributed by atoms with E-state index in [1.165, 1.54) is 7.11 Å². The summed E-state index contributed by atoms with van der Waals surface area (Å²) in [4.78, 5) is 49.5. The Labute approximate surface area is 377 Å². The Morgan fingerprint density at radius 3 is 1.20 bits per heavy atom. The number of nitrogens with one attached hydrogen (secondary N) is 2. The molecule has 0 fully saturated rings. The number of rotatable bonds is 16. The van der Waals surface area contributed by atoms with Gasteiger partial charge in [-0.3, -0.25) is 9.59 Å². The number of carboxylic acids is 1. The number of ether oxygens (including phenoxy) is 3. The van der Waals surface area contributed by atoms with Crippen LogP contribution in [0.3, 0.4) is 0 Å². The van der Waals surface area contributed by atoms with Crippen molar-refractivity contribution in [1.29, 1.82) is 0 Å². The molecule has 0 aliphatic rings. The molecule has 326 valence electrons. The Kier molecular flexibility index (Phi) is 15.3. The molecule has 0 saturated heterocycles. The average Bonchev–Trinajstić information content (AvgIpc) is 3.35. The zero-order chi connectivity index (χ0) is 45.4. The van der Waals surface area contributed by atoms with Gasteiger partial charge in [-0.2, -0.15) is 0 Å². The van der Waals surface area contributed by atoms with Crippen LogP contribution in [0.25, 0.3) is 21.5 Å². The quantitative estimate of drug-likeness (QED) is 0.0816. The van der Waals surface area contributed by atoms with E-state index in [9.17, 15) is 24.3 Å². The maximum Gasteiger partial charge on any atom is 0.328 e. The summed E-state index contributed by atoms with van der Waals surface area (Å²) in [5.41, 5.74) is 4.86. The molecule has 8 aromatic carbocycles. The smallest absolute Gasteiger partial charge is 0.328 e. The molecule has 10 nitrogen and oxygen atoms in total. The summed E-state index contributed by atoms with van der Waals surface area (Å²) >= 11 is 0. The molecule has 0 aromatic heterocycles. The van der Waals surface area contributed by atoms with Crippen molar-refractivity contribution in [2.45, 2.75) is 38.1 Å². The number of esters is 1. The second-order valence-electron chi connectivity index (χ2n) is 15.3. The van der Waals surface area contributed by atoms with Gasteiger partial charge in [0.15, 0.2) is 0 Å². The van der Waals surface area contributed by atoms with Gasteiger partial charge in [-0.05, 0) is 92.3 Å². The standard InChI is InChI=1S/C28H25NO4.C27H23NO4/c1-32-28(31)26(16-20-8-4-2-5-9-20)29-27(30)24-13-12-23-18-25(15-14-22(23)17-24)33-19-21-10-6-3-7-11-21;29-26(28-25(27(30)31)15-19-7-3-1-4-8-19)23-12-11-22-17-24(14-13-21(22)16-23)32-18-20-9-5-2-6-10-20/h2-15,17-18,26H,16,19H2,1H3,(H,29,30);1-14,16-17,25H,15,18H2,(H,28,29)(H,30,31). The third kappa shape index (κ3) is 12.9. The highest BCUT2D eigenvalue weighted by Gasteiger charge is 2.23. The van der Waals surface area contributed by atoms with Gasteiger partial charge in [-0.25, -0.2) is 9.59 Å². The lowest BCUT2D eigenvalue weighted by molar-refractivity contribution is -0.143. The lowest BCUT2D eigenvalue weighted by atomic mass is 10.0. The maximum absolute atomic E-state index is 12.9. The Morgan fingerprint density at radius 2 is 0.800 bits per heavy atom. The lowest BCUT2D eigenvalue weighted by Crippen LogP contribution is -2.43. The summed E-state index contributed by atoms with van der Waals surface area (Å²) in [6.07, 6.45) is 0.576. The van der Waals surface area contributed by atoms with Crippen molar-refractivity contribution < 1.29 is 38.5 Å². The van der Waals surface area contributed by atoms with Crippen molar-refractivity contribution in [3.63, 3.8) is 0 Å². The first-order chi connectivity index (χ1) is 31.7. The zero-order valence-electron chi connectivity index (χ0n) is 35.8. The minimum Gasteiger partial charge on any atom is -0.489 e. The molecule has 2 unspecified atom stereocenters. The maximum atomic E-state index is 12.9. The first-order valence-corrected chi connectivity index (χ1v) is 21.1. The fraction of sp³-hybridized carbons (Fsp3) is 0.127. The number of hydrogen-bond donors (Lipinski definition) is 3. The summed E-state index contributed by atoms with van der Waals surface area (Å²) in [7, 11) is 1.32.